The van der Waals surface area contributed by atoms with Gasteiger partial charge < -0.3 is 4.98 Å². The fourth-order valence-corrected chi connectivity index (χ4v) is 3.66. The zero-order valence-electron chi connectivity index (χ0n) is 12.3. The summed E-state index contributed by atoms with van der Waals surface area (Å²) in [5, 5.41) is 1.17. The van der Waals surface area contributed by atoms with Crippen molar-refractivity contribution in [3.8, 4) is 0 Å². The van der Waals surface area contributed by atoms with E-state index in [-0.39, 0.29) is 23.7 Å². The Morgan fingerprint density at radius 3 is 2.45 bits per heavy atom. The van der Waals surface area contributed by atoms with E-state index in [2.05, 4.69) is 11.1 Å². The molecule has 1 fully saturated rings. The van der Waals surface area contributed by atoms with Gasteiger partial charge in [-0.2, -0.15) is 0 Å². The number of H-pyrrole nitrogens is 1. The first-order valence-electron chi connectivity index (χ1n) is 7.81. The number of allylic oxidation sites excluding steroid dienone is 2. The van der Waals surface area contributed by atoms with Crippen LogP contribution in [0, 0.1) is 11.8 Å². The molecule has 2 atom stereocenters. The number of benzene rings is 1. The molecule has 1 aliphatic heterocycles. The number of hydrogen-bond acceptors (Lipinski definition) is 2. The zero-order valence-corrected chi connectivity index (χ0v) is 12.3. The maximum atomic E-state index is 12.4. The number of carbonyl (C=O) groups is 2. The topological polar surface area (TPSA) is 53.2 Å². The van der Waals surface area contributed by atoms with Gasteiger partial charge in [0, 0.05) is 23.6 Å². The molecule has 2 aliphatic rings. The highest BCUT2D eigenvalue weighted by Gasteiger charge is 2.46. The van der Waals surface area contributed by atoms with Crippen molar-refractivity contribution in [3.63, 3.8) is 0 Å². The molecule has 0 bridgehead atoms. The monoisotopic (exact) mass is 294 g/mol. The van der Waals surface area contributed by atoms with Crippen molar-refractivity contribution in [2.45, 2.75) is 19.3 Å². The van der Waals surface area contributed by atoms with Crippen LogP contribution in [0.5, 0.6) is 0 Å². The lowest BCUT2D eigenvalue weighted by atomic mass is 9.85. The van der Waals surface area contributed by atoms with Crippen LogP contribution >= 0.6 is 0 Å². The molecule has 4 heteroatoms. The average Bonchev–Trinajstić information content (AvgIpc) is 3.07. The zero-order chi connectivity index (χ0) is 15.1. The van der Waals surface area contributed by atoms with E-state index in [0.717, 1.165) is 11.1 Å². The van der Waals surface area contributed by atoms with Gasteiger partial charge in [0.1, 0.15) is 0 Å². The third-order valence-corrected chi connectivity index (χ3v) is 4.88. The number of likely N-dealkylation sites (tertiary alicyclic amines) is 1. The molecule has 2 aromatic rings. The van der Waals surface area contributed by atoms with E-state index >= 15 is 0 Å². The van der Waals surface area contributed by atoms with Gasteiger partial charge >= 0.3 is 0 Å². The number of rotatable bonds is 3. The summed E-state index contributed by atoms with van der Waals surface area (Å²) in [7, 11) is 0. The van der Waals surface area contributed by atoms with E-state index in [0.29, 0.717) is 25.8 Å². The standard InChI is InChI=1S/C18H18N2O2/c21-17-14-6-1-2-7-15(14)18(22)20(17)10-9-12-11-19-16-8-4-3-5-13(12)16/h1-5,8,11,14-15,19H,6-7,9-10H2/t14-,15+. The summed E-state index contributed by atoms with van der Waals surface area (Å²) >= 11 is 0. The van der Waals surface area contributed by atoms with Crippen LogP contribution in [-0.4, -0.2) is 28.2 Å². The van der Waals surface area contributed by atoms with Crippen molar-refractivity contribution in [2.24, 2.45) is 11.8 Å². The van der Waals surface area contributed by atoms with Crippen molar-refractivity contribution in [1.82, 2.24) is 9.88 Å². The predicted octanol–water partition coefficient (Wildman–Crippen LogP) is 2.66. The molecule has 0 radical (unpaired) electrons. The van der Waals surface area contributed by atoms with Gasteiger partial charge in [-0.1, -0.05) is 30.4 Å². The molecule has 1 aromatic carbocycles. The smallest absolute Gasteiger partial charge is 0.233 e. The highest BCUT2D eigenvalue weighted by atomic mass is 16.2. The molecule has 2 amide bonds. The average molecular weight is 294 g/mol. The fraction of sp³-hybridized carbons (Fsp3) is 0.333. The highest BCUT2D eigenvalue weighted by Crippen LogP contribution is 2.35. The number of aromatic amines is 1. The summed E-state index contributed by atoms with van der Waals surface area (Å²) in [6.07, 6.45) is 8.14. The highest BCUT2D eigenvalue weighted by molar-refractivity contribution is 6.05. The van der Waals surface area contributed by atoms with Crippen LogP contribution in [0.2, 0.25) is 0 Å². The van der Waals surface area contributed by atoms with Crippen LogP contribution < -0.4 is 0 Å². The van der Waals surface area contributed by atoms with E-state index in [4.69, 9.17) is 0 Å². The second kappa shape index (κ2) is 5.13. The number of fused-ring (bicyclic) bond motifs is 2. The number of nitrogens with one attached hydrogen (secondary N) is 1. The first-order chi connectivity index (χ1) is 10.8. The van der Waals surface area contributed by atoms with E-state index < -0.39 is 0 Å². The summed E-state index contributed by atoms with van der Waals surface area (Å²) in [6, 6.07) is 8.10. The van der Waals surface area contributed by atoms with Crippen LogP contribution in [0.3, 0.4) is 0 Å². The molecule has 1 saturated heterocycles. The van der Waals surface area contributed by atoms with Gasteiger partial charge in [0.25, 0.3) is 0 Å². The normalized spacial score (nSPS) is 24.3. The molecule has 4 rings (SSSR count). The van der Waals surface area contributed by atoms with Crippen molar-refractivity contribution in [2.75, 3.05) is 6.54 Å². The molecule has 1 aliphatic carbocycles. The molecule has 0 spiro atoms. The Morgan fingerprint density at radius 2 is 1.73 bits per heavy atom. The minimum atomic E-state index is -0.125. The summed E-state index contributed by atoms with van der Waals surface area (Å²) in [5.74, 6) is -0.223. The second-order valence-electron chi connectivity index (χ2n) is 6.09. The Morgan fingerprint density at radius 1 is 1.05 bits per heavy atom. The molecular formula is C18H18N2O2. The molecule has 0 unspecified atom stereocenters. The minimum Gasteiger partial charge on any atom is -0.361 e. The van der Waals surface area contributed by atoms with Crippen LogP contribution in [0.1, 0.15) is 18.4 Å². The molecule has 2 heterocycles. The maximum Gasteiger partial charge on any atom is 0.233 e. The van der Waals surface area contributed by atoms with Gasteiger partial charge in [-0.25, -0.2) is 0 Å². The van der Waals surface area contributed by atoms with Crippen molar-refractivity contribution in [1.29, 1.82) is 0 Å². The molecule has 0 saturated carbocycles. The number of carbonyl (C=O) groups excluding carboxylic acids is 2. The second-order valence-corrected chi connectivity index (χ2v) is 6.09. The Kier molecular flexibility index (Phi) is 3.10. The summed E-state index contributed by atoms with van der Waals surface area (Å²) in [4.78, 5) is 29.6. The third kappa shape index (κ3) is 1.98. The first kappa shape index (κ1) is 13.3. The molecular weight excluding hydrogens is 276 g/mol. The Hall–Kier alpha value is -2.36. The van der Waals surface area contributed by atoms with Crippen LogP contribution in [0.4, 0.5) is 0 Å². The number of imide groups is 1. The Balaban J connectivity index is 1.52. The molecule has 1 N–H and O–H groups in total. The summed E-state index contributed by atoms with van der Waals surface area (Å²) in [5.41, 5.74) is 2.25. The first-order valence-corrected chi connectivity index (χ1v) is 7.81. The van der Waals surface area contributed by atoms with Gasteiger partial charge in [0.15, 0.2) is 0 Å². The van der Waals surface area contributed by atoms with Crippen LogP contribution in [0.25, 0.3) is 10.9 Å². The van der Waals surface area contributed by atoms with Crippen LogP contribution in [-0.2, 0) is 16.0 Å². The molecule has 22 heavy (non-hydrogen) atoms. The number of aromatic nitrogens is 1. The number of nitrogens with zero attached hydrogens (tertiary/aromatic N) is 1. The number of hydrogen-bond donors (Lipinski definition) is 1. The van der Waals surface area contributed by atoms with Gasteiger partial charge in [-0.3, -0.25) is 14.5 Å². The number of para-hydroxylation sites is 1. The lowest BCUT2D eigenvalue weighted by Crippen LogP contribution is -2.33. The predicted molar refractivity (Wildman–Crippen MR) is 84.1 cm³/mol. The molecule has 1 aromatic heterocycles. The van der Waals surface area contributed by atoms with Gasteiger partial charge in [-0.05, 0) is 30.9 Å². The maximum absolute atomic E-state index is 12.4. The summed E-state index contributed by atoms with van der Waals surface area (Å²) < 4.78 is 0. The SMILES string of the molecule is O=C1[C@H]2CC=CC[C@H]2C(=O)N1CCc1c[nH]c2ccccc12. The third-order valence-electron chi connectivity index (χ3n) is 4.88. The lowest BCUT2D eigenvalue weighted by molar-refractivity contribution is -0.139. The van der Waals surface area contributed by atoms with Crippen molar-refractivity contribution >= 4 is 22.7 Å². The van der Waals surface area contributed by atoms with E-state index in [9.17, 15) is 9.59 Å². The largest absolute Gasteiger partial charge is 0.361 e. The number of amides is 2. The molecule has 112 valence electrons. The lowest BCUT2D eigenvalue weighted by Gasteiger charge is -2.14. The fourth-order valence-electron chi connectivity index (χ4n) is 3.66. The van der Waals surface area contributed by atoms with Gasteiger partial charge in [0.2, 0.25) is 11.8 Å². The van der Waals surface area contributed by atoms with E-state index in [1.54, 1.807) is 0 Å². The van der Waals surface area contributed by atoms with E-state index in [1.807, 2.05) is 36.5 Å². The van der Waals surface area contributed by atoms with Crippen LogP contribution in [0.15, 0.2) is 42.6 Å². The Labute approximate surface area is 128 Å². The summed E-state index contributed by atoms with van der Waals surface area (Å²) in [6.45, 7) is 0.479. The van der Waals surface area contributed by atoms with E-state index in [1.165, 1.54) is 10.3 Å². The van der Waals surface area contributed by atoms with Gasteiger partial charge in [0.05, 0.1) is 11.8 Å². The Bertz CT molecular complexity index is 748. The van der Waals surface area contributed by atoms with Gasteiger partial charge in [-0.15, -0.1) is 0 Å². The molecule has 4 nitrogen and oxygen atoms in total. The van der Waals surface area contributed by atoms with Crippen molar-refractivity contribution < 1.29 is 9.59 Å². The van der Waals surface area contributed by atoms with Crippen molar-refractivity contribution in [3.05, 3.63) is 48.2 Å². The minimum absolute atomic E-state index is 0.0131. The quantitative estimate of drug-likeness (QED) is 0.699.